The van der Waals surface area contributed by atoms with Crippen LogP contribution in [0.1, 0.15) is 68.9 Å². The molecular formula is C32H35ClN2O5. The molecule has 4 rings (SSSR count). The van der Waals surface area contributed by atoms with Crippen molar-refractivity contribution in [2.45, 2.75) is 59.0 Å². The first-order valence-corrected chi connectivity index (χ1v) is 13.9. The average Bonchev–Trinajstić information content (AvgIpc) is 2.94. The van der Waals surface area contributed by atoms with Gasteiger partial charge in [0, 0.05) is 34.4 Å². The molecule has 1 heterocycles. The van der Waals surface area contributed by atoms with Crippen LogP contribution in [0.4, 0.5) is 11.4 Å². The quantitative estimate of drug-likeness (QED) is 0.299. The van der Waals surface area contributed by atoms with Gasteiger partial charge < -0.3 is 19.6 Å². The summed E-state index contributed by atoms with van der Waals surface area (Å²) in [5, 5.41) is 9.88. The number of nitrogens with zero attached hydrogens (tertiary/aromatic N) is 2. The minimum Gasteiger partial charge on any atom is -0.494 e. The molecule has 0 fully saturated rings. The summed E-state index contributed by atoms with van der Waals surface area (Å²) in [6.07, 6.45) is 1.28. The highest BCUT2D eigenvalue weighted by Gasteiger charge is 2.38. The number of anilines is 2. The Labute approximate surface area is 240 Å². The summed E-state index contributed by atoms with van der Waals surface area (Å²) in [5.74, 6) is -0.444. The molecule has 210 valence electrons. The molecule has 0 bridgehead atoms. The number of fused-ring (bicyclic) bond motifs is 1. The highest BCUT2D eigenvalue weighted by Crippen LogP contribution is 2.43. The zero-order chi connectivity index (χ0) is 29.0. The van der Waals surface area contributed by atoms with Gasteiger partial charge in [-0.15, -0.1) is 0 Å². The summed E-state index contributed by atoms with van der Waals surface area (Å²) in [5.41, 5.74) is 2.08. The van der Waals surface area contributed by atoms with Crippen molar-refractivity contribution in [1.82, 2.24) is 0 Å². The molecule has 0 saturated heterocycles. The molecule has 1 N–H and O–H groups in total. The lowest BCUT2D eigenvalue weighted by molar-refractivity contribution is -0.147. The van der Waals surface area contributed by atoms with E-state index in [1.807, 2.05) is 55.1 Å². The summed E-state index contributed by atoms with van der Waals surface area (Å²) >= 11 is 6.12. The fourth-order valence-electron chi connectivity index (χ4n) is 4.97. The van der Waals surface area contributed by atoms with Gasteiger partial charge in [-0.3, -0.25) is 14.4 Å². The van der Waals surface area contributed by atoms with E-state index >= 15 is 0 Å². The fraction of sp³-hybridized carbons (Fsp3) is 0.344. The Balaban J connectivity index is 1.58. The maximum absolute atomic E-state index is 13.8. The summed E-state index contributed by atoms with van der Waals surface area (Å²) < 4.78 is 5.74. The predicted molar refractivity (Wildman–Crippen MR) is 157 cm³/mol. The number of carbonyl (C=O) groups excluding carboxylic acids is 2. The molecule has 0 saturated carbocycles. The van der Waals surface area contributed by atoms with Crippen LogP contribution in [0.2, 0.25) is 5.02 Å². The summed E-state index contributed by atoms with van der Waals surface area (Å²) in [4.78, 5) is 42.0. The van der Waals surface area contributed by atoms with E-state index in [-0.39, 0.29) is 30.5 Å². The zero-order valence-electron chi connectivity index (χ0n) is 23.3. The molecule has 0 aromatic heterocycles. The number of para-hydroxylation sites is 1. The van der Waals surface area contributed by atoms with Gasteiger partial charge >= 0.3 is 5.97 Å². The molecule has 3 aromatic rings. The first-order valence-electron chi connectivity index (χ1n) is 13.5. The third-order valence-corrected chi connectivity index (χ3v) is 7.69. The molecule has 0 spiro atoms. The molecule has 2 atom stereocenters. The molecule has 0 aliphatic carbocycles. The van der Waals surface area contributed by atoms with Gasteiger partial charge in [0.1, 0.15) is 5.75 Å². The van der Waals surface area contributed by atoms with Crippen LogP contribution < -0.4 is 14.5 Å². The minimum absolute atomic E-state index is 0.00330. The van der Waals surface area contributed by atoms with Gasteiger partial charge in [0.15, 0.2) is 0 Å². The van der Waals surface area contributed by atoms with Gasteiger partial charge in [0.2, 0.25) is 5.91 Å². The molecule has 40 heavy (non-hydrogen) atoms. The third-order valence-electron chi connectivity index (χ3n) is 7.44. The van der Waals surface area contributed by atoms with Crippen molar-refractivity contribution < 1.29 is 24.2 Å². The van der Waals surface area contributed by atoms with Crippen molar-refractivity contribution in [1.29, 1.82) is 0 Å². The Bertz CT molecular complexity index is 1370. The van der Waals surface area contributed by atoms with Crippen molar-refractivity contribution in [3.05, 3.63) is 88.9 Å². The number of amides is 2. The highest BCUT2D eigenvalue weighted by molar-refractivity contribution is 6.30. The number of carboxylic acids is 1. The Kier molecular flexibility index (Phi) is 8.84. The monoisotopic (exact) mass is 562 g/mol. The Hall–Kier alpha value is -3.84. The molecule has 1 aliphatic heterocycles. The predicted octanol–water partition coefficient (Wildman–Crippen LogP) is 7.14. The van der Waals surface area contributed by atoms with Crippen LogP contribution in [0.15, 0.2) is 72.8 Å². The number of carboxylic acid groups (broad SMARTS) is 1. The van der Waals surface area contributed by atoms with E-state index in [0.717, 1.165) is 16.9 Å². The lowest BCUT2D eigenvalue weighted by Crippen LogP contribution is -2.47. The van der Waals surface area contributed by atoms with Crippen LogP contribution in [-0.2, 0) is 9.59 Å². The van der Waals surface area contributed by atoms with E-state index in [1.54, 1.807) is 55.1 Å². The first kappa shape index (κ1) is 29.2. The molecule has 0 radical (unpaired) electrons. The van der Waals surface area contributed by atoms with E-state index in [1.165, 1.54) is 0 Å². The van der Waals surface area contributed by atoms with E-state index in [9.17, 15) is 19.5 Å². The second-order valence-corrected chi connectivity index (χ2v) is 11.2. The molecular weight excluding hydrogens is 528 g/mol. The van der Waals surface area contributed by atoms with Crippen LogP contribution in [0.25, 0.3) is 0 Å². The van der Waals surface area contributed by atoms with Gasteiger partial charge in [-0.2, -0.15) is 0 Å². The Morgan fingerprint density at radius 3 is 2.30 bits per heavy atom. The third kappa shape index (κ3) is 6.15. The van der Waals surface area contributed by atoms with Crippen LogP contribution in [-0.4, -0.2) is 35.5 Å². The van der Waals surface area contributed by atoms with Gasteiger partial charge in [0.05, 0.1) is 18.1 Å². The number of hydrogen-bond acceptors (Lipinski definition) is 4. The average molecular weight is 563 g/mol. The zero-order valence-corrected chi connectivity index (χ0v) is 24.0. The van der Waals surface area contributed by atoms with E-state index in [2.05, 4.69) is 0 Å². The second kappa shape index (κ2) is 12.1. The van der Waals surface area contributed by atoms with Crippen LogP contribution >= 0.6 is 11.6 Å². The van der Waals surface area contributed by atoms with Gasteiger partial charge in [0.25, 0.3) is 5.91 Å². The Morgan fingerprint density at radius 2 is 1.68 bits per heavy atom. The molecule has 1 unspecified atom stereocenters. The van der Waals surface area contributed by atoms with E-state index in [0.29, 0.717) is 35.6 Å². The van der Waals surface area contributed by atoms with Crippen molar-refractivity contribution >= 4 is 40.8 Å². The molecule has 2 amide bonds. The Morgan fingerprint density at radius 1 is 1.02 bits per heavy atom. The SMILES string of the molecule is CCC(=O)N(c1ccc(Cl)cc1)C1C[C@@H](C)N(C(=O)c2ccc(OCCC(C)(C)C(=O)O)cc2)c2ccccc21. The number of carbonyl (C=O) groups is 3. The number of rotatable bonds is 9. The van der Waals surface area contributed by atoms with Crippen LogP contribution in [0.5, 0.6) is 5.75 Å². The summed E-state index contributed by atoms with van der Waals surface area (Å²) in [6, 6.07) is 21.5. The van der Waals surface area contributed by atoms with Crippen molar-refractivity contribution in [2.24, 2.45) is 5.41 Å². The summed E-state index contributed by atoms with van der Waals surface area (Å²) in [7, 11) is 0. The second-order valence-electron chi connectivity index (χ2n) is 10.7. The van der Waals surface area contributed by atoms with Gasteiger partial charge in [-0.05, 0) is 93.8 Å². The fourth-order valence-corrected chi connectivity index (χ4v) is 5.10. The van der Waals surface area contributed by atoms with Gasteiger partial charge in [-0.25, -0.2) is 0 Å². The first-order chi connectivity index (χ1) is 19.0. The lowest BCUT2D eigenvalue weighted by Gasteiger charge is -2.43. The topological polar surface area (TPSA) is 87.2 Å². The number of halogens is 1. The minimum atomic E-state index is -0.879. The van der Waals surface area contributed by atoms with Crippen LogP contribution in [0, 0.1) is 5.41 Å². The highest BCUT2D eigenvalue weighted by atomic mass is 35.5. The maximum atomic E-state index is 13.8. The smallest absolute Gasteiger partial charge is 0.309 e. The molecule has 8 heteroatoms. The molecule has 3 aromatic carbocycles. The largest absolute Gasteiger partial charge is 0.494 e. The standard InChI is InChI=1S/C32H35ClN2O5/c1-5-29(36)35(24-14-12-23(33)13-15-24)28-20-21(2)34(27-9-7-6-8-26(27)28)30(37)22-10-16-25(17-11-22)40-19-18-32(3,4)31(38)39/h6-17,21,28H,5,18-20H2,1-4H3,(H,38,39)/t21-,28?/m1/s1. The summed E-state index contributed by atoms with van der Waals surface area (Å²) in [6.45, 7) is 7.43. The number of benzene rings is 3. The number of ether oxygens (including phenoxy) is 1. The van der Waals surface area contributed by atoms with Crippen molar-refractivity contribution in [3.63, 3.8) is 0 Å². The van der Waals surface area contributed by atoms with E-state index in [4.69, 9.17) is 16.3 Å². The lowest BCUT2D eigenvalue weighted by atomic mass is 9.89. The maximum Gasteiger partial charge on any atom is 0.309 e. The van der Waals surface area contributed by atoms with Gasteiger partial charge in [-0.1, -0.05) is 36.7 Å². The number of hydrogen-bond donors (Lipinski definition) is 1. The number of aliphatic carboxylic acids is 1. The van der Waals surface area contributed by atoms with Crippen LogP contribution in [0.3, 0.4) is 0 Å². The van der Waals surface area contributed by atoms with Crippen molar-refractivity contribution in [3.8, 4) is 5.75 Å². The molecule has 1 aliphatic rings. The normalized spacial score (nSPS) is 16.7. The molecule has 7 nitrogen and oxygen atoms in total. The van der Waals surface area contributed by atoms with E-state index < -0.39 is 11.4 Å². The van der Waals surface area contributed by atoms with Crippen molar-refractivity contribution in [2.75, 3.05) is 16.4 Å².